The average Bonchev–Trinajstić information content (AvgIpc) is 2.49. The third-order valence-electron chi connectivity index (χ3n) is 1.80. The first-order valence-electron chi connectivity index (χ1n) is 3.93. The zero-order valence-corrected chi connectivity index (χ0v) is 7.07. The van der Waals surface area contributed by atoms with Gasteiger partial charge < -0.3 is 4.98 Å². The maximum atomic E-state index is 4.20. The smallest absolute Gasteiger partial charge is 0.197 e. The third-order valence-corrected chi connectivity index (χ3v) is 1.80. The molecule has 2 aromatic heterocycles. The molecule has 0 bridgehead atoms. The van der Waals surface area contributed by atoms with Crippen molar-refractivity contribution in [2.45, 2.75) is 13.6 Å². The summed E-state index contributed by atoms with van der Waals surface area (Å²) in [6.45, 7) is 4.60. The van der Waals surface area contributed by atoms with Crippen LogP contribution in [-0.4, -0.2) is 26.6 Å². The van der Waals surface area contributed by atoms with Gasteiger partial charge in [-0.1, -0.05) is 13.6 Å². The van der Waals surface area contributed by atoms with Gasteiger partial charge in [0.05, 0.1) is 11.8 Å². The molecule has 2 rings (SSSR count). The first-order chi connectivity index (χ1) is 5.79. The quantitative estimate of drug-likeness (QED) is 0.611. The van der Waals surface area contributed by atoms with E-state index < -0.39 is 0 Å². The van der Waals surface area contributed by atoms with Gasteiger partial charge in [-0.05, 0) is 0 Å². The Hall–Kier alpha value is -1.39. The molecule has 12 heavy (non-hydrogen) atoms. The van der Waals surface area contributed by atoms with Gasteiger partial charge in [-0.25, -0.2) is 15.0 Å². The monoisotopic (exact) mass is 160 g/mol. The molecule has 4 nitrogen and oxygen atoms in total. The van der Waals surface area contributed by atoms with Crippen molar-refractivity contribution < 1.29 is 0 Å². The summed E-state index contributed by atoms with van der Waals surface area (Å²) >= 11 is 0. The maximum Gasteiger partial charge on any atom is 0.197 e. The minimum Gasteiger partial charge on any atom is -0.342 e. The van der Waals surface area contributed by atoms with Crippen LogP contribution in [0.25, 0.3) is 11.2 Å². The lowest BCUT2D eigenvalue weighted by atomic mass is 9.51. The van der Waals surface area contributed by atoms with Gasteiger partial charge in [-0.3, -0.25) is 0 Å². The number of aromatic amines is 1. The van der Waals surface area contributed by atoms with Crippen LogP contribution >= 0.6 is 0 Å². The molecule has 0 aliphatic rings. The normalized spacial score (nSPS) is 10.5. The summed E-state index contributed by atoms with van der Waals surface area (Å²) in [6.07, 6.45) is 3.20. The summed E-state index contributed by atoms with van der Waals surface area (Å²) in [5.74, 6) is 0. The van der Waals surface area contributed by atoms with Crippen molar-refractivity contribution in [2.75, 3.05) is 0 Å². The first-order valence-corrected chi connectivity index (χ1v) is 3.93. The summed E-state index contributed by atoms with van der Waals surface area (Å²) in [5.41, 5.74) is 2.72. The van der Waals surface area contributed by atoms with Crippen LogP contribution in [0.3, 0.4) is 0 Å². The number of H-pyrrole nitrogens is 1. The van der Waals surface area contributed by atoms with Crippen LogP contribution in [-0.2, 0) is 0 Å². The number of hydrogen-bond donors (Lipinski definition) is 1. The van der Waals surface area contributed by atoms with Crippen LogP contribution in [0.15, 0.2) is 12.7 Å². The zero-order valence-electron chi connectivity index (χ0n) is 7.07. The summed E-state index contributed by atoms with van der Waals surface area (Å²) in [4.78, 5) is 15.3. The lowest BCUT2D eigenvalue weighted by molar-refractivity contribution is 1.22. The van der Waals surface area contributed by atoms with Crippen LogP contribution in [0.1, 0.15) is 0 Å². The van der Waals surface area contributed by atoms with E-state index in [-0.39, 0.29) is 0 Å². The minimum absolute atomic E-state index is 0.399. The van der Waals surface area contributed by atoms with Gasteiger partial charge >= 0.3 is 0 Å². The van der Waals surface area contributed by atoms with Crippen molar-refractivity contribution in [1.82, 2.24) is 19.9 Å². The van der Waals surface area contributed by atoms with Gasteiger partial charge in [0.2, 0.25) is 0 Å². The molecule has 5 heteroatoms. The standard InChI is InChI=1S/C7H9BN4/c1-8(2)6-5-7(11-3-9-5)12-4-10-6/h3-4H,1-2H3,(H,9,10,11,12). The second-order valence-electron chi connectivity index (χ2n) is 3.01. The van der Waals surface area contributed by atoms with Crippen LogP contribution < -0.4 is 5.59 Å². The fourth-order valence-electron chi connectivity index (χ4n) is 1.22. The van der Waals surface area contributed by atoms with Gasteiger partial charge in [-0.15, -0.1) is 0 Å². The molecule has 0 atom stereocenters. The highest BCUT2D eigenvalue weighted by Gasteiger charge is 2.10. The lowest BCUT2D eigenvalue weighted by Gasteiger charge is -2.00. The third kappa shape index (κ3) is 0.977. The molecule has 0 saturated carbocycles. The molecule has 2 heterocycles. The van der Waals surface area contributed by atoms with Crippen molar-refractivity contribution >= 4 is 23.5 Å². The molecule has 0 saturated heterocycles. The van der Waals surface area contributed by atoms with E-state index in [4.69, 9.17) is 0 Å². The fraction of sp³-hybridized carbons (Fsp3) is 0.286. The molecule has 60 valence electrons. The van der Waals surface area contributed by atoms with E-state index in [0.29, 0.717) is 6.71 Å². The topological polar surface area (TPSA) is 54.5 Å². The van der Waals surface area contributed by atoms with Gasteiger partial charge in [0, 0.05) is 5.59 Å². The highest BCUT2D eigenvalue weighted by atomic mass is 15.0. The second-order valence-corrected chi connectivity index (χ2v) is 3.01. The van der Waals surface area contributed by atoms with Crippen molar-refractivity contribution in [3.63, 3.8) is 0 Å². The van der Waals surface area contributed by atoms with Gasteiger partial charge in [0.25, 0.3) is 0 Å². The zero-order chi connectivity index (χ0) is 8.55. The van der Waals surface area contributed by atoms with E-state index in [1.54, 1.807) is 12.7 Å². The molecule has 0 aliphatic heterocycles. The molecule has 0 radical (unpaired) electrons. The van der Waals surface area contributed by atoms with Crippen molar-refractivity contribution in [3.05, 3.63) is 12.7 Å². The van der Waals surface area contributed by atoms with E-state index in [2.05, 4.69) is 33.6 Å². The Morgan fingerprint density at radius 3 is 2.83 bits per heavy atom. The predicted molar refractivity (Wildman–Crippen MR) is 48.8 cm³/mol. The van der Waals surface area contributed by atoms with E-state index in [0.717, 1.165) is 16.8 Å². The van der Waals surface area contributed by atoms with Gasteiger partial charge in [0.1, 0.15) is 6.33 Å². The van der Waals surface area contributed by atoms with Crippen LogP contribution in [0, 0.1) is 0 Å². The molecule has 0 amide bonds. The summed E-state index contributed by atoms with van der Waals surface area (Å²) < 4.78 is 0. The van der Waals surface area contributed by atoms with Gasteiger partial charge in [-0.2, -0.15) is 0 Å². The van der Waals surface area contributed by atoms with E-state index in [1.165, 1.54) is 0 Å². The maximum absolute atomic E-state index is 4.20. The van der Waals surface area contributed by atoms with E-state index in [9.17, 15) is 0 Å². The molecular formula is C7H9BN4. The molecular weight excluding hydrogens is 151 g/mol. The largest absolute Gasteiger partial charge is 0.342 e. The number of imidazole rings is 1. The second kappa shape index (κ2) is 2.58. The number of rotatable bonds is 1. The highest BCUT2D eigenvalue weighted by molar-refractivity contribution is 6.72. The minimum atomic E-state index is 0.399. The SMILES string of the molecule is CB(C)c1ncnc2nc[nH]c12. The Balaban J connectivity index is 2.73. The van der Waals surface area contributed by atoms with Crippen LogP contribution in [0.5, 0.6) is 0 Å². The number of nitrogens with zero attached hydrogens (tertiary/aromatic N) is 3. The number of fused-ring (bicyclic) bond motifs is 1. The van der Waals surface area contributed by atoms with E-state index in [1.807, 2.05) is 0 Å². The molecule has 0 spiro atoms. The van der Waals surface area contributed by atoms with Gasteiger partial charge in [0.15, 0.2) is 12.4 Å². The molecule has 0 fully saturated rings. The molecule has 0 aliphatic carbocycles. The van der Waals surface area contributed by atoms with Crippen molar-refractivity contribution in [3.8, 4) is 0 Å². The Kier molecular flexibility index (Phi) is 1.57. The van der Waals surface area contributed by atoms with Crippen molar-refractivity contribution in [1.29, 1.82) is 0 Å². The van der Waals surface area contributed by atoms with E-state index >= 15 is 0 Å². The van der Waals surface area contributed by atoms with Crippen LogP contribution in [0.2, 0.25) is 13.6 Å². The Bertz CT molecular complexity index is 395. The number of hydrogen-bond acceptors (Lipinski definition) is 3. The Morgan fingerprint density at radius 2 is 2.08 bits per heavy atom. The Labute approximate surface area is 70.5 Å². The summed E-state index contributed by atoms with van der Waals surface area (Å²) in [6, 6.07) is 0. The Morgan fingerprint density at radius 1 is 1.25 bits per heavy atom. The fourth-order valence-corrected chi connectivity index (χ4v) is 1.22. The number of aromatic nitrogens is 4. The highest BCUT2D eigenvalue weighted by Crippen LogP contribution is 2.00. The molecule has 0 aromatic carbocycles. The summed E-state index contributed by atoms with van der Waals surface area (Å²) in [5, 5.41) is 0. The number of nitrogens with one attached hydrogen (secondary N) is 1. The predicted octanol–water partition coefficient (Wildman–Crippen LogP) is 0.314. The average molecular weight is 160 g/mol. The van der Waals surface area contributed by atoms with Crippen LogP contribution in [0.4, 0.5) is 0 Å². The molecule has 1 N–H and O–H groups in total. The first kappa shape index (κ1) is 7.27. The lowest BCUT2D eigenvalue weighted by Crippen LogP contribution is -2.27. The van der Waals surface area contributed by atoms with Crippen molar-refractivity contribution in [2.24, 2.45) is 0 Å². The molecule has 2 aromatic rings. The summed E-state index contributed by atoms with van der Waals surface area (Å²) in [7, 11) is 0. The molecule has 0 unspecified atom stereocenters.